The van der Waals surface area contributed by atoms with E-state index in [0.29, 0.717) is 29.1 Å². The summed E-state index contributed by atoms with van der Waals surface area (Å²) in [6.07, 6.45) is 2.54. The lowest BCUT2D eigenvalue weighted by Gasteiger charge is -2.50. The molecule has 2 aromatic rings. The average molecular weight is 476 g/mol. The molecule has 35 heavy (non-hydrogen) atoms. The highest BCUT2D eigenvalue weighted by Crippen LogP contribution is 2.45. The minimum Gasteiger partial charge on any atom is -0.454 e. The van der Waals surface area contributed by atoms with Crippen molar-refractivity contribution >= 4 is 35.3 Å². The molecule has 8 heteroatoms. The third kappa shape index (κ3) is 3.83. The number of anilines is 2. The van der Waals surface area contributed by atoms with Crippen LogP contribution in [0.25, 0.3) is 6.08 Å². The number of hydrogen-bond donors (Lipinski definition) is 1. The van der Waals surface area contributed by atoms with Crippen LogP contribution in [0.3, 0.4) is 0 Å². The molecule has 0 spiro atoms. The van der Waals surface area contributed by atoms with Gasteiger partial charge in [-0.2, -0.15) is 0 Å². The molecule has 0 unspecified atom stereocenters. The molecule has 0 aliphatic carbocycles. The highest BCUT2D eigenvalue weighted by atomic mass is 16.7. The van der Waals surface area contributed by atoms with Crippen LogP contribution in [0, 0.1) is 0 Å². The van der Waals surface area contributed by atoms with Crippen LogP contribution >= 0.6 is 0 Å². The van der Waals surface area contributed by atoms with Gasteiger partial charge in [0, 0.05) is 23.3 Å². The predicted octanol–water partition coefficient (Wildman–Crippen LogP) is 4.58. The standard InChI is InChI=1S/C27H29N3O5/c1-15(2)30-21-8-6-17(10-19(21)16(3)13-27(30,4)5)11-20-24(31)28-26(33)29(25(20)32)18-7-9-22-23(12-18)35-14-34-22/h6-12,15-16H,13-14H2,1-5H3,(H,28,31,33)/b20-11+/t16-/m1/s1. The first kappa shape index (κ1) is 23.0. The summed E-state index contributed by atoms with van der Waals surface area (Å²) in [5.41, 5.74) is 3.29. The van der Waals surface area contributed by atoms with Gasteiger partial charge in [0.15, 0.2) is 11.5 Å². The minimum absolute atomic E-state index is 0.0191. The van der Waals surface area contributed by atoms with Crippen LogP contribution in [-0.2, 0) is 9.59 Å². The fourth-order valence-electron chi connectivity index (χ4n) is 5.62. The van der Waals surface area contributed by atoms with Crippen molar-refractivity contribution < 1.29 is 23.9 Å². The van der Waals surface area contributed by atoms with Crippen LogP contribution in [0.1, 0.15) is 58.1 Å². The summed E-state index contributed by atoms with van der Waals surface area (Å²) in [4.78, 5) is 41.9. The Bertz CT molecular complexity index is 1280. The molecule has 0 aromatic heterocycles. The third-order valence-corrected chi connectivity index (χ3v) is 6.84. The van der Waals surface area contributed by atoms with E-state index >= 15 is 0 Å². The number of nitrogens with zero attached hydrogens (tertiary/aromatic N) is 2. The molecule has 1 N–H and O–H groups in total. The fourth-order valence-corrected chi connectivity index (χ4v) is 5.62. The first-order valence-electron chi connectivity index (χ1n) is 11.8. The molecule has 3 heterocycles. The number of urea groups is 1. The van der Waals surface area contributed by atoms with E-state index in [2.05, 4.69) is 50.9 Å². The van der Waals surface area contributed by atoms with E-state index in [4.69, 9.17) is 9.47 Å². The summed E-state index contributed by atoms with van der Waals surface area (Å²) >= 11 is 0. The second kappa shape index (κ2) is 8.15. The zero-order chi connectivity index (χ0) is 25.1. The zero-order valence-corrected chi connectivity index (χ0v) is 20.5. The molecular formula is C27H29N3O5. The lowest BCUT2D eigenvalue weighted by molar-refractivity contribution is -0.122. The number of carbonyl (C=O) groups excluding carboxylic acids is 3. The van der Waals surface area contributed by atoms with Gasteiger partial charge in [-0.25, -0.2) is 9.69 Å². The summed E-state index contributed by atoms with van der Waals surface area (Å²) in [6.45, 7) is 11.2. The molecule has 2 aromatic carbocycles. The molecule has 1 saturated heterocycles. The van der Waals surface area contributed by atoms with Crippen molar-refractivity contribution in [2.45, 2.75) is 58.5 Å². The van der Waals surface area contributed by atoms with Crippen LogP contribution in [0.4, 0.5) is 16.2 Å². The Kier molecular flexibility index (Phi) is 5.34. The number of rotatable bonds is 3. The maximum Gasteiger partial charge on any atom is 0.335 e. The van der Waals surface area contributed by atoms with Gasteiger partial charge < -0.3 is 14.4 Å². The van der Waals surface area contributed by atoms with Gasteiger partial charge >= 0.3 is 6.03 Å². The number of amides is 4. The molecule has 0 saturated carbocycles. The van der Waals surface area contributed by atoms with Crippen LogP contribution in [0.15, 0.2) is 42.0 Å². The fraction of sp³-hybridized carbons (Fsp3) is 0.370. The second-order valence-electron chi connectivity index (χ2n) is 10.2. The zero-order valence-electron chi connectivity index (χ0n) is 20.5. The van der Waals surface area contributed by atoms with Crippen molar-refractivity contribution in [1.29, 1.82) is 0 Å². The van der Waals surface area contributed by atoms with E-state index in [-0.39, 0.29) is 17.9 Å². The lowest BCUT2D eigenvalue weighted by Crippen LogP contribution is -2.54. The Labute approximate surface area is 204 Å². The van der Waals surface area contributed by atoms with Crippen LogP contribution in [0.2, 0.25) is 0 Å². The number of imide groups is 2. The number of ether oxygens (including phenoxy) is 2. The third-order valence-electron chi connectivity index (χ3n) is 6.84. The second-order valence-corrected chi connectivity index (χ2v) is 10.2. The minimum atomic E-state index is -0.801. The van der Waals surface area contributed by atoms with Gasteiger partial charge in [0.05, 0.1) is 5.69 Å². The van der Waals surface area contributed by atoms with Gasteiger partial charge in [0.25, 0.3) is 11.8 Å². The SMILES string of the molecule is CC(C)N1c2ccc(/C=C3\C(=O)NC(=O)N(c4ccc5c(c4)OCO5)C3=O)cc2[C@H](C)CC1(C)C. The summed E-state index contributed by atoms with van der Waals surface area (Å²) in [7, 11) is 0. The molecular weight excluding hydrogens is 446 g/mol. The maximum atomic E-state index is 13.3. The Morgan fingerprint density at radius 1 is 1.06 bits per heavy atom. The van der Waals surface area contributed by atoms with E-state index in [1.165, 1.54) is 11.3 Å². The molecule has 182 valence electrons. The van der Waals surface area contributed by atoms with Gasteiger partial charge in [-0.05, 0) is 81.5 Å². The number of hydrogen-bond acceptors (Lipinski definition) is 6. The van der Waals surface area contributed by atoms with Crippen LogP contribution in [-0.4, -0.2) is 36.2 Å². The number of fused-ring (bicyclic) bond motifs is 2. The molecule has 5 rings (SSSR count). The molecule has 0 radical (unpaired) electrons. The van der Waals surface area contributed by atoms with E-state index < -0.39 is 17.8 Å². The Balaban J connectivity index is 1.51. The number of benzene rings is 2. The largest absolute Gasteiger partial charge is 0.454 e. The van der Waals surface area contributed by atoms with Crippen LogP contribution in [0.5, 0.6) is 11.5 Å². The van der Waals surface area contributed by atoms with E-state index in [1.807, 2.05) is 12.1 Å². The van der Waals surface area contributed by atoms with Crippen molar-refractivity contribution in [2.75, 3.05) is 16.6 Å². The van der Waals surface area contributed by atoms with E-state index in [0.717, 1.165) is 16.9 Å². The topological polar surface area (TPSA) is 88.2 Å². The summed E-state index contributed by atoms with van der Waals surface area (Å²) < 4.78 is 10.7. The highest BCUT2D eigenvalue weighted by Gasteiger charge is 2.39. The van der Waals surface area contributed by atoms with Crippen molar-refractivity contribution in [3.63, 3.8) is 0 Å². The quantitative estimate of drug-likeness (QED) is 0.516. The summed E-state index contributed by atoms with van der Waals surface area (Å²) in [5, 5.41) is 2.28. The van der Waals surface area contributed by atoms with Gasteiger partial charge in [0.2, 0.25) is 6.79 Å². The number of barbiturate groups is 1. The molecule has 0 bridgehead atoms. The molecule has 1 atom stereocenters. The van der Waals surface area contributed by atoms with Gasteiger partial charge in [0.1, 0.15) is 5.57 Å². The normalized spacial score (nSPS) is 22.1. The summed E-state index contributed by atoms with van der Waals surface area (Å²) in [6, 6.07) is 10.3. The van der Waals surface area contributed by atoms with Crippen LogP contribution < -0.4 is 24.6 Å². The first-order chi connectivity index (χ1) is 16.6. The maximum absolute atomic E-state index is 13.3. The van der Waals surface area contributed by atoms with Crippen molar-refractivity contribution in [3.8, 4) is 11.5 Å². The lowest BCUT2D eigenvalue weighted by atomic mass is 9.78. The average Bonchev–Trinajstić information content (AvgIpc) is 3.24. The van der Waals surface area contributed by atoms with Gasteiger partial charge in [-0.15, -0.1) is 0 Å². The molecule has 3 aliphatic heterocycles. The Morgan fingerprint density at radius 3 is 2.54 bits per heavy atom. The molecule has 1 fully saturated rings. The van der Waals surface area contributed by atoms with Crippen molar-refractivity contribution in [3.05, 3.63) is 53.1 Å². The predicted molar refractivity (Wildman–Crippen MR) is 133 cm³/mol. The van der Waals surface area contributed by atoms with E-state index in [1.54, 1.807) is 24.3 Å². The summed E-state index contributed by atoms with van der Waals surface area (Å²) in [5.74, 6) is -0.115. The number of carbonyl (C=O) groups is 3. The van der Waals surface area contributed by atoms with Crippen molar-refractivity contribution in [2.24, 2.45) is 0 Å². The molecule has 4 amide bonds. The molecule has 3 aliphatic rings. The van der Waals surface area contributed by atoms with Gasteiger partial charge in [-0.3, -0.25) is 14.9 Å². The van der Waals surface area contributed by atoms with Crippen molar-refractivity contribution in [1.82, 2.24) is 5.32 Å². The Morgan fingerprint density at radius 2 is 1.80 bits per heavy atom. The highest BCUT2D eigenvalue weighted by molar-refractivity contribution is 6.39. The Hall–Kier alpha value is -3.81. The monoisotopic (exact) mass is 475 g/mol. The number of nitrogens with one attached hydrogen (secondary N) is 1. The van der Waals surface area contributed by atoms with E-state index in [9.17, 15) is 14.4 Å². The smallest absolute Gasteiger partial charge is 0.335 e. The molecule has 8 nitrogen and oxygen atoms in total. The van der Waals surface area contributed by atoms with Gasteiger partial charge in [-0.1, -0.05) is 13.0 Å². The first-order valence-corrected chi connectivity index (χ1v) is 11.8.